The van der Waals surface area contributed by atoms with Crippen LogP contribution in [0.4, 0.5) is 0 Å². The lowest BCUT2D eigenvalue weighted by Gasteiger charge is -2.14. The first-order valence-electron chi connectivity index (χ1n) is 9.38. The first-order chi connectivity index (χ1) is 12.2. The van der Waals surface area contributed by atoms with Crippen LogP contribution in [0.2, 0.25) is 0 Å². The number of hydrogen-bond acceptors (Lipinski definition) is 4. The van der Waals surface area contributed by atoms with Gasteiger partial charge in [0.25, 0.3) is 0 Å². The maximum atomic E-state index is 12.2. The van der Waals surface area contributed by atoms with Crippen molar-refractivity contribution in [2.45, 2.75) is 79.2 Å². The number of carbonyl (C=O) groups is 3. The molecule has 4 heteroatoms. The fourth-order valence-corrected chi connectivity index (χ4v) is 2.18. The maximum absolute atomic E-state index is 12.2. The van der Waals surface area contributed by atoms with Crippen LogP contribution in [0.3, 0.4) is 0 Å². The van der Waals surface area contributed by atoms with Gasteiger partial charge in [-0.05, 0) is 39.2 Å². The summed E-state index contributed by atoms with van der Waals surface area (Å²) in [6, 6.07) is 0. The summed E-state index contributed by atoms with van der Waals surface area (Å²) < 4.78 is 0. The zero-order chi connectivity index (χ0) is 20.1. The van der Waals surface area contributed by atoms with Gasteiger partial charge in [0, 0.05) is 31.6 Å². The number of aliphatic hydroxyl groups excluding tert-OH is 1. The number of rotatable bonds is 13. The van der Waals surface area contributed by atoms with E-state index in [0.717, 1.165) is 6.42 Å². The van der Waals surface area contributed by atoms with E-state index in [4.69, 9.17) is 0 Å². The van der Waals surface area contributed by atoms with E-state index >= 15 is 0 Å². The zero-order valence-corrected chi connectivity index (χ0v) is 16.9. The fraction of sp³-hybridized carbons (Fsp3) is 0.591. The van der Waals surface area contributed by atoms with Gasteiger partial charge in [0.15, 0.2) is 0 Å². The second kappa shape index (κ2) is 13.4. The highest BCUT2D eigenvalue weighted by atomic mass is 16.3. The first kappa shape index (κ1) is 24.2. The van der Waals surface area contributed by atoms with Gasteiger partial charge in [-0.1, -0.05) is 43.7 Å². The van der Waals surface area contributed by atoms with Gasteiger partial charge in [-0.25, -0.2) is 0 Å². The van der Waals surface area contributed by atoms with Gasteiger partial charge in [-0.2, -0.15) is 0 Å². The predicted molar refractivity (Wildman–Crippen MR) is 106 cm³/mol. The molecule has 0 fully saturated rings. The molecular weight excluding hydrogens is 328 g/mol. The van der Waals surface area contributed by atoms with Crippen molar-refractivity contribution < 1.29 is 19.5 Å². The highest BCUT2D eigenvalue weighted by Crippen LogP contribution is 2.15. The Balaban J connectivity index is 4.28. The number of ketones is 3. The standard InChI is InChI=1S/C22H34O4/c1-6-16(2)9-7-8-10-20(24)14-12-18(4)22(26)15-21(25)17(3)11-13-19(5)23/h7-9,11,18,21,25H,6,10,12-15H2,1-5H3/b8-7+,16-9+,17-11+. The molecule has 0 aromatic heterocycles. The Hall–Kier alpha value is -1.81. The summed E-state index contributed by atoms with van der Waals surface area (Å²) in [5.74, 6) is -0.191. The smallest absolute Gasteiger partial charge is 0.138 e. The van der Waals surface area contributed by atoms with Gasteiger partial charge in [0.1, 0.15) is 17.3 Å². The first-order valence-corrected chi connectivity index (χ1v) is 9.38. The van der Waals surface area contributed by atoms with Crippen molar-refractivity contribution in [3.63, 3.8) is 0 Å². The van der Waals surface area contributed by atoms with Crippen molar-refractivity contribution in [1.29, 1.82) is 0 Å². The third-order valence-corrected chi connectivity index (χ3v) is 4.46. The Bertz CT molecular complexity index is 567. The number of Topliss-reactive ketones (excluding diaryl/α,β-unsaturated/α-hetero) is 3. The number of allylic oxidation sites excluding steroid dienone is 5. The third kappa shape index (κ3) is 11.7. The highest BCUT2D eigenvalue weighted by Gasteiger charge is 2.19. The largest absolute Gasteiger partial charge is 0.388 e. The van der Waals surface area contributed by atoms with E-state index in [1.165, 1.54) is 12.5 Å². The molecule has 0 aliphatic carbocycles. The van der Waals surface area contributed by atoms with Gasteiger partial charge in [0.05, 0.1) is 6.10 Å². The second-order valence-electron chi connectivity index (χ2n) is 7.02. The summed E-state index contributed by atoms with van der Waals surface area (Å²) in [5.41, 5.74) is 1.90. The van der Waals surface area contributed by atoms with Crippen molar-refractivity contribution >= 4 is 17.3 Å². The van der Waals surface area contributed by atoms with Crippen LogP contribution in [0.1, 0.15) is 73.1 Å². The summed E-state index contributed by atoms with van der Waals surface area (Å²) in [7, 11) is 0. The minimum Gasteiger partial charge on any atom is -0.388 e. The van der Waals surface area contributed by atoms with Gasteiger partial charge >= 0.3 is 0 Å². The van der Waals surface area contributed by atoms with E-state index in [1.807, 2.05) is 25.2 Å². The Kier molecular flexibility index (Phi) is 12.5. The summed E-state index contributed by atoms with van der Waals surface area (Å²) in [6.07, 6.45) is 9.07. The fourth-order valence-electron chi connectivity index (χ4n) is 2.18. The molecule has 0 saturated carbocycles. The summed E-state index contributed by atoms with van der Waals surface area (Å²) >= 11 is 0. The van der Waals surface area contributed by atoms with Crippen LogP contribution in [0, 0.1) is 5.92 Å². The molecule has 146 valence electrons. The third-order valence-electron chi connectivity index (χ3n) is 4.46. The van der Waals surface area contributed by atoms with Crippen molar-refractivity contribution in [3.8, 4) is 0 Å². The molecule has 2 unspecified atom stereocenters. The molecule has 0 aliphatic rings. The quantitative estimate of drug-likeness (QED) is 0.386. The Morgan fingerprint density at radius 3 is 2.31 bits per heavy atom. The highest BCUT2D eigenvalue weighted by molar-refractivity contribution is 5.83. The lowest BCUT2D eigenvalue weighted by Crippen LogP contribution is -2.20. The Labute approximate surface area is 158 Å². The SMILES string of the molecule is CC/C(C)=C/C=C/CC(=O)CCC(C)C(=O)CC(O)/C(C)=C/CC(C)=O. The van der Waals surface area contributed by atoms with E-state index in [2.05, 4.69) is 6.92 Å². The molecule has 0 saturated heterocycles. The van der Waals surface area contributed by atoms with Crippen LogP contribution in [0.15, 0.2) is 35.5 Å². The molecule has 1 N–H and O–H groups in total. The van der Waals surface area contributed by atoms with Crippen LogP contribution in [0.25, 0.3) is 0 Å². The Morgan fingerprint density at radius 1 is 1.08 bits per heavy atom. The minimum absolute atomic E-state index is 0.0177. The molecule has 0 amide bonds. The number of hydrogen-bond donors (Lipinski definition) is 1. The minimum atomic E-state index is -0.864. The van der Waals surface area contributed by atoms with E-state index in [0.29, 0.717) is 24.8 Å². The lowest BCUT2D eigenvalue weighted by atomic mass is 9.93. The molecule has 0 heterocycles. The molecule has 4 nitrogen and oxygen atoms in total. The molecule has 0 spiro atoms. The molecule has 0 bridgehead atoms. The molecular formula is C22H34O4. The van der Waals surface area contributed by atoms with Gasteiger partial charge in [-0.15, -0.1) is 0 Å². The normalized spacial score (nSPS) is 15.2. The van der Waals surface area contributed by atoms with E-state index in [1.54, 1.807) is 19.9 Å². The average Bonchev–Trinajstić information content (AvgIpc) is 2.60. The van der Waals surface area contributed by atoms with E-state index in [-0.39, 0.29) is 36.1 Å². The molecule has 0 radical (unpaired) electrons. The van der Waals surface area contributed by atoms with Crippen LogP contribution in [-0.4, -0.2) is 28.6 Å². The lowest BCUT2D eigenvalue weighted by molar-refractivity contribution is -0.124. The monoisotopic (exact) mass is 362 g/mol. The van der Waals surface area contributed by atoms with E-state index in [9.17, 15) is 19.5 Å². The maximum Gasteiger partial charge on any atom is 0.138 e. The molecule has 0 aliphatic heterocycles. The van der Waals surface area contributed by atoms with Crippen molar-refractivity contribution in [2.75, 3.05) is 0 Å². The summed E-state index contributed by atoms with van der Waals surface area (Å²) in [6.45, 7) is 9.12. The van der Waals surface area contributed by atoms with Crippen molar-refractivity contribution in [2.24, 2.45) is 5.92 Å². The molecule has 26 heavy (non-hydrogen) atoms. The van der Waals surface area contributed by atoms with Crippen molar-refractivity contribution in [3.05, 3.63) is 35.5 Å². The predicted octanol–water partition coefficient (Wildman–Crippen LogP) is 4.52. The number of aliphatic hydroxyl groups is 1. The number of carbonyl (C=O) groups excluding carboxylic acids is 3. The van der Waals surface area contributed by atoms with Crippen LogP contribution >= 0.6 is 0 Å². The zero-order valence-electron chi connectivity index (χ0n) is 16.9. The topological polar surface area (TPSA) is 71.4 Å². The van der Waals surface area contributed by atoms with Gasteiger partial charge in [0.2, 0.25) is 0 Å². The molecule has 2 atom stereocenters. The average molecular weight is 363 g/mol. The van der Waals surface area contributed by atoms with Crippen molar-refractivity contribution in [1.82, 2.24) is 0 Å². The molecule has 0 rings (SSSR count). The van der Waals surface area contributed by atoms with Crippen LogP contribution in [0.5, 0.6) is 0 Å². The second-order valence-corrected chi connectivity index (χ2v) is 7.02. The van der Waals surface area contributed by atoms with Crippen LogP contribution in [-0.2, 0) is 14.4 Å². The van der Waals surface area contributed by atoms with Gasteiger partial charge in [-0.3, -0.25) is 14.4 Å². The summed E-state index contributed by atoms with van der Waals surface area (Å²) in [4.78, 5) is 35.0. The summed E-state index contributed by atoms with van der Waals surface area (Å²) in [5, 5.41) is 10.1. The van der Waals surface area contributed by atoms with Crippen LogP contribution < -0.4 is 0 Å². The van der Waals surface area contributed by atoms with E-state index < -0.39 is 6.10 Å². The Morgan fingerprint density at radius 2 is 1.73 bits per heavy atom. The molecule has 0 aromatic rings. The van der Waals surface area contributed by atoms with Gasteiger partial charge < -0.3 is 5.11 Å². The molecule has 0 aromatic carbocycles.